The zero-order chi connectivity index (χ0) is 12.3. The summed E-state index contributed by atoms with van der Waals surface area (Å²) in [7, 11) is 0. The van der Waals surface area contributed by atoms with Crippen molar-refractivity contribution in [1.29, 1.82) is 0 Å². The van der Waals surface area contributed by atoms with Gasteiger partial charge in [0, 0.05) is 25.2 Å². The Morgan fingerprint density at radius 2 is 1.82 bits per heavy atom. The fourth-order valence-electron chi connectivity index (χ4n) is 1.41. The van der Waals surface area contributed by atoms with Crippen LogP contribution in [0, 0.1) is 0 Å². The summed E-state index contributed by atoms with van der Waals surface area (Å²) in [5.41, 5.74) is 1.11. The Morgan fingerprint density at radius 1 is 1.06 bits per heavy atom. The number of aromatic nitrogens is 4. The number of aliphatic hydroxyl groups is 3. The standard InChI is InChI=1S/C10H12N4O3/c15-10(16,17)3-1-2-8-13-6-7-9(14-8)12-5-4-11-7/h4-6,15-17H,1-3H2. The van der Waals surface area contributed by atoms with Crippen molar-refractivity contribution in [2.24, 2.45) is 0 Å². The van der Waals surface area contributed by atoms with Gasteiger partial charge in [0.05, 0.1) is 6.20 Å². The van der Waals surface area contributed by atoms with Crippen molar-refractivity contribution < 1.29 is 15.3 Å². The molecule has 90 valence electrons. The van der Waals surface area contributed by atoms with E-state index in [1.165, 1.54) is 0 Å². The maximum absolute atomic E-state index is 8.72. The molecule has 17 heavy (non-hydrogen) atoms. The topological polar surface area (TPSA) is 112 Å². The molecule has 7 heteroatoms. The second kappa shape index (κ2) is 4.66. The largest absolute Gasteiger partial charge is 0.344 e. The highest BCUT2D eigenvalue weighted by molar-refractivity contribution is 5.67. The predicted molar refractivity (Wildman–Crippen MR) is 57.5 cm³/mol. The summed E-state index contributed by atoms with van der Waals surface area (Å²) >= 11 is 0. The van der Waals surface area contributed by atoms with Crippen LogP contribution in [0.3, 0.4) is 0 Å². The Hall–Kier alpha value is -1.70. The minimum Gasteiger partial charge on any atom is -0.344 e. The molecule has 0 fully saturated rings. The quantitative estimate of drug-likeness (QED) is 0.606. The molecule has 2 aromatic rings. The van der Waals surface area contributed by atoms with Gasteiger partial charge in [0.2, 0.25) is 0 Å². The van der Waals surface area contributed by atoms with Crippen LogP contribution < -0.4 is 0 Å². The van der Waals surface area contributed by atoms with E-state index in [0.29, 0.717) is 29.8 Å². The van der Waals surface area contributed by atoms with E-state index < -0.39 is 5.97 Å². The molecule has 0 amide bonds. The zero-order valence-electron chi connectivity index (χ0n) is 8.98. The molecule has 2 rings (SSSR count). The average Bonchev–Trinajstić information content (AvgIpc) is 2.27. The fourth-order valence-corrected chi connectivity index (χ4v) is 1.41. The third kappa shape index (κ3) is 3.38. The molecular weight excluding hydrogens is 224 g/mol. The molecule has 2 aromatic heterocycles. The minimum atomic E-state index is -2.63. The van der Waals surface area contributed by atoms with Gasteiger partial charge in [-0.2, -0.15) is 0 Å². The van der Waals surface area contributed by atoms with Gasteiger partial charge >= 0.3 is 0 Å². The number of aryl methyl sites for hydroxylation is 1. The molecule has 7 nitrogen and oxygen atoms in total. The molecule has 0 spiro atoms. The van der Waals surface area contributed by atoms with Crippen LogP contribution in [-0.4, -0.2) is 41.2 Å². The Balaban J connectivity index is 2.04. The van der Waals surface area contributed by atoms with E-state index in [4.69, 9.17) is 15.3 Å². The van der Waals surface area contributed by atoms with Crippen LogP contribution in [0.25, 0.3) is 11.2 Å². The summed E-state index contributed by atoms with van der Waals surface area (Å²) < 4.78 is 0. The van der Waals surface area contributed by atoms with E-state index in [-0.39, 0.29) is 6.42 Å². The highest BCUT2D eigenvalue weighted by Gasteiger charge is 2.17. The molecule has 0 saturated heterocycles. The Bertz CT molecular complexity index is 512. The maximum atomic E-state index is 8.72. The van der Waals surface area contributed by atoms with E-state index in [2.05, 4.69) is 19.9 Å². The van der Waals surface area contributed by atoms with Crippen molar-refractivity contribution in [2.45, 2.75) is 25.2 Å². The lowest BCUT2D eigenvalue weighted by molar-refractivity contribution is -0.314. The van der Waals surface area contributed by atoms with E-state index in [9.17, 15) is 0 Å². The average molecular weight is 236 g/mol. The van der Waals surface area contributed by atoms with E-state index in [1.54, 1.807) is 18.6 Å². The highest BCUT2D eigenvalue weighted by Crippen LogP contribution is 2.09. The lowest BCUT2D eigenvalue weighted by Crippen LogP contribution is -2.26. The molecule has 3 N–H and O–H groups in total. The molecule has 0 saturated carbocycles. The third-order valence-corrected chi connectivity index (χ3v) is 2.19. The fraction of sp³-hybridized carbons (Fsp3) is 0.400. The summed E-state index contributed by atoms with van der Waals surface area (Å²) in [5, 5.41) is 26.1. The SMILES string of the molecule is OC(O)(O)CCCc1ncc2nccnc2n1. The van der Waals surface area contributed by atoms with Gasteiger partial charge in [0.15, 0.2) is 5.65 Å². The van der Waals surface area contributed by atoms with Gasteiger partial charge < -0.3 is 15.3 Å². The molecule has 0 unspecified atom stereocenters. The number of nitrogens with zero attached hydrogens (tertiary/aromatic N) is 4. The summed E-state index contributed by atoms with van der Waals surface area (Å²) in [5.74, 6) is -2.10. The van der Waals surface area contributed by atoms with Crippen molar-refractivity contribution in [3.8, 4) is 0 Å². The highest BCUT2D eigenvalue weighted by atomic mass is 16.7. The molecular formula is C10H12N4O3. The minimum absolute atomic E-state index is 0.158. The summed E-state index contributed by atoms with van der Waals surface area (Å²) in [6, 6.07) is 0. The van der Waals surface area contributed by atoms with Gasteiger partial charge in [-0.15, -0.1) is 0 Å². The van der Waals surface area contributed by atoms with Gasteiger partial charge in [0.25, 0.3) is 5.97 Å². The lowest BCUT2D eigenvalue weighted by Gasteiger charge is -2.12. The predicted octanol–water partition coefficient (Wildman–Crippen LogP) is -0.627. The summed E-state index contributed by atoms with van der Waals surface area (Å²) in [4.78, 5) is 16.3. The van der Waals surface area contributed by atoms with Crippen molar-refractivity contribution in [3.63, 3.8) is 0 Å². The first kappa shape index (κ1) is 11.8. The molecule has 0 aliphatic heterocycles. The molecule has 0 aliphatic rings. The van der Waals surface area contributed by atoms with Crippen LogP contribution in [0.5, 0.6) is 0 Å². The molecule has 0 aliphatic carbocycles. The normalized spacial score (nSPS) is 11.9. The van der Waals surface area contributed by atoms with Crippen LogP contribution in [0.1, 0.15) is 18.7 Å². The number of rotatable bonds is 4. The van der Waals surface area contributed by atoms with Gasteiger partial charge in [-0.1, -0.05) is 0 Å². The van der Waals surface area contributed by atoms with Crippen LogP contribution in [0.15, 0.2) is 18.6 Å². The van der Waals surface area contributed by atoms with Gasteiger partial charge in [0.1, 0.15) is 11.3 Å². The monoisotopic (exact) mass is 236 g/mol. The van der Waals surface area contributed by atoms with E-state index in [0.717, 1.165) is 0 Å². The van der Waals surface area contributed by atoms with E-state index in [1.807, 2.05) is 0 Å². The Morgan fingerprint density at radius 3 is 2.59 bits per heavy atom. The van der Waals surface area contributed by atoms with Crippen LogP contribution in [-0.2, 0) is 6.42 Å². The first-order chi connectivity index (χ1) is 8.04. The van der Waals surface area contributed by atoms with Crippen LogP contribution in [0.4, 0.5) is 0 Å². The van der Waals surface area contributed by atoms with Crippen molar-refractivity contribution in [2.75, 3.05) is 0 Å². The lowest BCUT2D eigenvalue weighted by atomic mass is 10.2. The Kier molecular flexibility index (Phi) is 3.23. The second-order valence-corrected chi connectivity index (χ2v) is 3.68. The molecule has 0 bridgehead atoms. The number of fused-ring (bicyclic) bond motifs is 1. The smallest absolute Gasteiger partial charge is 0.275 e. The first-order valence-corrected chi connectivity index (χ1v) is 5.14. The number of hydrogen-bond acceptors (Lipinski definition) is 7. The molecule has 2 heterocycles. The molecule has 0 aromatic carbocycles. The van der Waals surface area contributed by atoms with Crippen molar-refractivity contribution >= 4 is 11.2 Å². The number of hydrogen-bond donors (Lipinski definition) is 3. The zero-order valence-corrected chi connectivity index (χ0v) is 8.98. The second-order valence-electron chi connectivity index (χ2n) is 3.68. The summed E-state index contributed by atoms with van der Waals surface area (Å²) in [6.07, 6.45) is 5.29. The van der Waals surface area contributed by atoms with Gasteiger partial charge in [-0.25, -0.2) is 19.9 Å². The third-order valence-electron chi connectivity index (χ3n) is 2.19. The maximum Gasteiger partial charge on any atom is 0.275 e. The van der Waals surface area contributed by atoms with Gasteiger partial charge in [-0.05, 0) is 6.42 Å². The van der Waals surface area contributed by atoms with Crippen molar-refractivity contribution in [1.82, 2.24) is 19.9 Å². The molecule has 0 radical (unpaired) electrons. The van der Waals surface area contributed by atoms with E-state index >= 15 is 0 Å². The van der Waals surface area contributed by atoms with Crippen molar-refractivity contribution in [3.05, 3.63) is 24.4 Å². The molecule has 0 atom stereocenters. The first-order valence-electron chi connectivity index (χ1n) is 5.14. The Labute approximate surface area is 96.8 Å². The van der Waals surface area contributed by atoms with Crippen LogP contribution in [0.2, 0.25) is 0 Å². The van der Waals surface area contributed by atoms with Gasteiger partial charge in [-0.3, -0.25) is 0 Å². The van der Waals surface area contributed by atoms with Crippen LogP contribution >= 0.6 is 0 Å². The summed E-state index contributed by atoms with van der Waals surface area (Å²) in [6.45, 7) is 0.